The Morgan fingerprint density at radius 2 is 0.800 bits per heavy atom. The number of rotatable bonds is 24. The number of hydrogen-bond donors (Lipinski definition) is 4. The first-order valence-corrected chi connectivity index (χ1v) is 39.9. The molecule has 12 aromatic rings. The SMILES string of the molecule is CNCCN(C)c1cc(NC(=O)c2ccc(C)c(-n3cc(-c4cnn(C)c4C)nn3)c2)cc(C(C)(C)C#N)c1.Cc1ccc(C(=O)Nc2cc(N(C)CCN(C)C)cc(C(C)(C)C#N)c2)cc1-n1cc(-c2cnn(C)c2C)nn1.Cc1ccc(C(=O)Nc2cc(N3CCCN(C)CC3)cc(C(C)(C)C#N)c2)cc1-n1cc(-c2cnn(C)c2C)nn1. The summed E-state index contributed by atoms with van der Waals surface area (Å²) < 4.78 is 10.4. The predicted octanol–water partition coefficient (Wildman–Crippen LogP) is 12.8. The third-order valence-corrected chi connectivity index (χ3v) is 22.2. The molecule has 1 saturated heterocycles. The number of amides is 3. The van der Waals surface area contributed by atoms with Crippen LogP contribution in [0.3, 0.4) is 0 Å². The lowest BCUT2D eigenvalue weighted by Crippen LogP contribution is -2.29. The average Bonchev–Trinajstić information content (AvgIpc) is 1.10. The third kappa shape index (κ3) is 20.4. The van der Waals surface area contributed by atoms with E-state index >= 15 is 0 Å². The first-order chi connectivity index (χ1) is 57.0. The molecule has 120 heavy (non-hydrogen) atoms. The van der Waals surface area contributed by atoms with Crippen LogP contribution in [0.2, 0.25) is 0 Å². The quantitative estimate of drug-likeness (QED) is 0.0436. The first kappa shape index (κ1) is 87.4. The molecule has 1 fully saturated rings. The molecule has 1 aliphatic rings. The molecule has 4 N–H and O–H groups in total. The number of nitriles is 3. The number of carbonyl (C=O) groups excluding carboxylic acids is 3. The van der Waals surface area contributed by atoms with Gasteiger partial charge in [-0.25, -0.2) is 14.0 Å². The molecule has 1 aliphatic heterocycles. The largest absolute Gasteiger partial charge is 0.373 e. The normalized spacial score (nSPS) is 12.5. The van der Waals surface area contributed by atoms with Crippen LogP contribution in [0, 0.1) is 75.5 Å². The maximum Gasteiger partial charge on any atom is 0.255 e. The van der Waals surface area contributed by atoms with E-state index in [-0.39, 0.29) is 17.7 Å². The zero-order chi connectivity index (χ0) is 86.8. The summed E-state index contributed by atoms with van der Waals surface area (Å²) in [7, 11) is 17.8. The van der Waals surface area contributed by atoms with Crippen molar-refractivity contribution < 1.29 is 14.4 Å². The molecule has 30 heteroatoms. The minimum atomic E-state index is -0.716. The van der Waals surface area contributed by atoms with Crippen LogP contribution in [0.25, 0.3) is 50.8 Å². The van der Waals surface area contributed by atoms with Gasteiger partial charge in [-0.05, 0) is 249 Å². The van der Waals surface area contributed by atoms with Crippen LogP contribution in [0.1, 0.15) is 129 Å². The third-order valence-electron chi connectivity index (χ3n) is 22.2. The fourth-order valence-electron chi connectivity index (χ4n) is 13.5. The Balaban J connectivity index is 0.000000176. The lowest BCUT2D eigenvalue weighted by molar-refractivity contribution is 0.101. The van der Waals surface area contributed by atoms with Crippen molar-refractivity contribution >= 4 is 51.8 Å². The van der Waals surface area contributed by atoms with Gasteiger partial charge in [0, 0.05) is 166 Å². The molecular weight excluding hydrogens is 1510 g/mol. The highest BCUT2D eigenvalue weighted by Gasteiger charge is 2.28. The van der Waals surface area contributed by atoms with Crippen molar-refractivity contribution in [3.05, 3.63) is 214 Å². The lowest BCUT2D eigenvalue weighted by atomic mass is 9.85. The predicted molar refractivity (Wildman–Crippen MR) is 472 cm³/mol. The second kappa shape index (κ2) is 37.0. The minimum Gasteiger partial charge on any atom is -0.373 e. The van der Waals surface area contributed by atoms with Gasteiger partial charge in [-0.1, -0.05) is 33.8 Å². The van der Waals surface area contributed by atoms with Gasteiger partial charge in [0.2, 0.25) is 0 Å². The summed E-state index contributed by atoms with van der Waals surface area (Å²) in [6, 6.07) is 41.3. The summed E-state index contributed by atoms with van der Waals surface area (Å²) in [5.74, 6) is -0.739. The van der Waals surface area contributed by atoms with E-state index in [1.807, 2.05) is 249 Å². The average molecular weight is 1620 g/mol. The molecule has 0 aliphatic carbocycles. The Morgan fingerprint density at radius 3 is 1.14 bits per heavy atom. The van der Waals surface area contributed by atoms with Crippen LogP contribution in [0.5, 0.6) is 0 Å². The molecule has 622 valence electrons. The van der Waals surface area contributed by atoms with E-state index in [4.69, 9.17) is 0 Å². The maximum absolute atomic E-state index is 13.5. The number of anilines is 6. The monoisotopic (exact) mass is 1620 g/mol. The summed E-state index contributed by atoms with van der Waals surface area (Å²) in [6.45, 7) is 30.3. The number of aryl methyl sites for hydroxylation is 6. The molecule has 0 bridgehead atoms. The second-order valence-electron chi connectivity index (χ2n) is 32.7. The molecule has 7 heterocycles. The van der Waals surface area contributed by atoms with Crippen LogP contribution >= 0.6 is 0 Å². The van der Waals surface area contributed by atoms with Crippen molar-refractivity contribution in [3.8, 4) is 69.0 Å². The molecule has 6 aromatic carbocycles. The van der Waals surface area contributed by atoms with E-state index in [9.17, 15) is 30.2 Å². The Bertz CT molecular complexity index is 5860. The topological polar surface area (TPSA) is 332 Å². The summed E-state index contributed by atoms with van der Waals surface area (Å²) >= 11 is 0. The summed E-state index contributed by atoms with van der Waals surface area (Å²) in [5, 5.41) is 80.6. The van der Waals surface area contributed by atoms with Gasteiger partial charge in [-0.3, -0.25) is 28.4 Å². The van der Waals surface area contributed by atoms with Gasteiger partial charge >= 0.3 is 0 Å². The number of carbonyl (C=O) groups is 3. The molecule has 0 saturated carbocycles. The molecule has 3 amide bonds. The number of aromatic nitrogens is 15. The van der Waals surface area contributed by atoms with Crippen molar-refractivity contribution in [1.29, 1.82) is 15.8 Å². The zero-order valence-corrected chi connectivity index (χ0v) is 72.7. The molecule has 13 rings (SSSR count). The highest BCUT2D eigenvalue weighted by Crippen LogP contribution is 2.36. The van der Waals surface area contributed by atoms with E-state index < -0.39 is 16.2 Å². The van der Waals surface area contributed by atoms with E-state index in [2.05, 4.69) is 123 Å². The van der Waals surface area contributed by atoms with E-state index in [1.54, 1.807) is 58.8 Å². The molecule has 0 radical (unpaired) electrons. The first-order valence-electron chi connectivity index (χ1n) is 39.9. The Morgan fingerprint density at radius 1 is 0.442 bits per heavy atom. The number of benzene rings is 6. The van der Waals surface area contributed by atoms with Crippen molar-refractivity contribution in [2.24, 2.45) is 21.1 Å². The molecular formula is C90H109N27O3. The van der Waals surface area contributed by atoms with Gasteiger partial charge < -0.3 is 45.8 Å². The summed E-state index contributed by atoms with van der Waals surface area (Å²) in [4.78, 5) is 51.4. The van der Waals surface area contributed by atoms with Crippen LogP contribution in [-0.2, 0) is 37.4 Å². The number of likely N-dealkylation sites (N-methyl/N-ethyl adjacent to an activating group) is 5. The van der Waals surface area contributed by atoms with Gasteiger partial charge in [0.15, 0.2) is 0 Å². The zero-order valence-electron chi connectivity index (χ0n) is 72.7. The second-order valence-corrected chi connectivity index (χ2v) is 32.7. The molecule has 0 atom stereocenters. The standard InChI is InChI=1S/C31H37N9O.C30H37N9O.C29H35N9O/c1-21-8-9-23(14-29(21)40-19-28(35-36-40)27-18-33-38(6)22(27)2)30(41)34-25-15-24(31(3,4)20-32)16-26(17-25)39-11-7-10-37(5)12-13-39;1-20-9-10-22(13-28(20)39-18-27(34-35-39)26-17-32-38(8)21(26)2)29(40)33-24-14-23(30(3,4)19-31)15-25(16-24)37(7)12-11-36(5)6;1-19-8-9-21(12-27(19)38-17-26(34-35-38)25-16-32-37(7)20(25)2)28(39)33-23-13-22(29(3,4)18-30)14-24(15-23)36(6)11-10-31-5/h8-9,14-19H,7,10-13H2,1-6H3,(H,34,41);9-10,13-18H,11-12H2,1-8H3,(H,33,40);8-9,12-17,31H,10-11H2,1-7H3,(H,33,39). The van der Waals surface area contributed by atoms with Crippen molar-refractivity contribution in [2.75, 3.05) is 125 Å². The Hall–Kier alpha value is -13.5. The Labute approximate surface area is 702 Å². The molecule has 30 nitrogen and oxygen atoms in total. The van der Waals surface area contributed by atoms with Gasteiger partial charge in [-0.2, -0.15) is 31.1 Å². The number of nitrogens with one attached hydrogen (secondary N) is 4. The van der Waals surface area contributed by atoms with Gasteiger partial charge in [0.1, 0.15) is 17.1 Å². The highest BCUT2D eigenvalue weighted by atomic mass is 16.2. The van der Waals surface area contributed by atoms with E-state index in [0.717, 1.165) is 160 Å². The fourth-order valence-corrected chi connectivity index (χ4v) is 13.5. The van der Waals surface area contributed by atoms with Gasteiger partial charge in [0.25, 0.3) is 17.7 Å². The van der Waals surface area contributed by atoms with Crippen LogP contribution in [-0.4, -0.2) is 196 Å². The maximum atomic E-state index is 13.5. The summed E-state index contributed by atoms with van der Waals surface area (Å²) in [5.41, 5.74) is 19.7. The van der Waals surface area contributed by atoms with Crippen molar-refractivity contribution in [2.45, 2.75) is 106 Å². The minimum absolute atomic E-state index is 0.233. The van der Waals surface area contributed by atoms with Gasteiger partial charge in [-0.15, -0.1) is 15.3 Å². The number of hydrogen-bond acceptors (Lipinski definition) is 21. The molecule has 0 unspecified atom stereocenters. The molecule has 6 aromatic heterocycles. The van der Waals surface area contributed by atoms with E-state index in [0.29, 0.717) is 50.8 Å². The Kier molecular flexibility index (Phi) is 26.9. The van der Waals surface area contributed by atoms with E-state index in [1.165, 1.54) is 0 Å². The summed E-state index contributed by atoms with van der Waals surface area (Å²) in [6.07, 6.45) is 11.9. The van der Waals surface area contributed by atoms with Crippen LogP contribution in [0.4, 0.5) is 34.1 Å². The van der Waals surface area contributed by atoms with Gasteiger partial charge in [0.05, 0.1) is 88.7 Å². The fraction of sp³-hybridized carbons (Fsp3) is 0.367. The van der Waals surface area contributed by atoms with Crippen LogP contribution < -0.4 is 36.0 Å². The van der Waals surface area contributed by atoms with Crippen molar-refractivity contribution in [1.82, 2.24) is 89.4 Å². The highest BCUT2D eigenvalue weighted by molar-refractivity contribution is 6.06. The van der Waals surface area contributed by atoms with Crippen molar-refractivity contribution in [3.63, 3.8) is 0 Å². The van der Waals surface area contributed by atoms with Crippen LogP contribution in [0.15, 0.2) is 146 Å². The smallest absolute Gasteiger partial charge is 0.255 e. The lowest BCUT2D eigenvalue weighted by Gasteiger charge is -2.26. The number of nitrogens with zero attached hydrogens (tertiary/aromatic N) is 23. The molecule has 0 spiro atoms.